The summed E-state index contributed by atoms with van der Waals surface area (Å²) in [5.74, 6) is -1.30. The molecule has 3 amide bonds. The van der Waals surface area contributed by atoms with Crippen molar-refractivity contribution >= 4 is 45.3 Å². The average molecular weight is 545 g/mol. The molecule has 0 spiro atoms. The minimum Gasteiger partial charge on any atom is -0.367 e. The summed E-state index contributed by atoms with van der Waals surface area (Å²) in [5, 5.41) is 12.4. The fourth-order valence-electron chi connectivity index (χ4n) is 4.39. The molecule has 2 saturated heterocycles. The first-order chi connectivity index (χ1) is 18.2. The second-order valence-electron chi connectivity index (χ2n) is 9.19. The number of aromatic nitrogens is 3. The summed E-state index contributed by atoms with van der Waals surface area (Å²) in [6.45, 7) is 0.688. The van der Waals surface area contributed by atoms with Crippen molar-refractivity contribution in [2.45, 2.75) is 23.8 Å². The van der Waals surface area contributed by atoms with E-state index in [0.717, 1.165) is 29.3 Å². The highest BCUT2D eigenvalue weighted by Gasteiger charge is 2.32. The van der Waals surface area contributed by atoms with Gasteiger partial charge in [0.05, 0.1) is 6.20 Å². The van der Waals surface area contributed by atoms with Crippen LogP contribution in [0.5, 0.6) is 0 Å². The van der Waals surface area contributed by atoms with Crippen LogP contribution < -0.4 is 20.9 Å². The van der Waals surface area contributed by atoms with E-state index in [-0.39, 0.29) is 31.9 Å². The monoisotopic (exact) mass is 544 g/mol. The molecule has 1 saturated carbocycles. The molecule has 3 fully saturated rings. The zero-order valence-electron chi connectivity index (χ0n) is 19.8. The highest BCUT2D eigenvalue weighted by Crippen LogP contribution is 2.30. The van der Waals surface area contributed by atoms with Crippen LogP contribution in [0.4, 0.5) is 25.2 Å². The van der Waals surface area contributed by atoms with Crippen molar-refractivity contribution in [3.8, 4) is 0 Å². The molecule has 12 nitrogen and oxygen atoms in total. The number of benzene rings is 1. The van der Waals surface area contributed by atoms with Crippen LogP contribution in [-0.2, 0) is 14.8 Å². The molecular weight excluding hydrogens is 522 g/mol. The molecule has 1 aliphatic carbocycles. The predicted molar refractivity (Wildman–Crippen MR) is 132 cm³/mol. The SMILES string of the molecule is O=C1NC(=O)/C(=C/c2cnn3c(NC4CC4)cc(N4CCN(S(=O)(=O)c5ccc(F)cc5F)CC4)nc23)N1. The van der Waals surface area contributed by atoms with Crippen LogP contribution >= 0.6 is 0 Å². The second kappa shape index (κ2) is 9.02. The Labute approximate surface area is 215 Å². The molecule has 0 bridgehead atoms. The van der Waals surface area contributed by atoms with Crippen LogP contribution in [0, 0.1) is 11.6 Å². The van der Waals surface area contributed by atoms with E-state index in [0.29, 0.717) is 35.0 Å². The first kappa shape index (κ1) is 24.2. The zero-order chi connectivity index (χ0) is 26.6. The maximum Gasteiger partial charge on any atom is 0.326 e. The Kier molecular flexibility index (Phi) is 5.75. The number of anilines is 2. The Morgan fingerprint density at radius 3 is 2.47 bits per heavy atom. The lowest BCUT2D eigenvalue weighted by molar-refractivity contribution is -0.115. The number of imide groups is 1. The number of carbonyl (C=O) groups is 2. The Morgan fingerprint density at radius 2 is 1.82 bits per heavy atom. The van der Waals surface area contributed by atoms with Crippen molar-refractivity contribution in [3.63, 3.8) is 0 Å². The number of urea groups is 1. The molecule has 0 unspecified atom stereocenters. The topological polar surface area (TPSA) is 141 Å². The van der Waals surface area contributed by atoms with E-state index >= 15 is 0 Å². The van der Waals surface area contributed by atoms with Gasteiger partial charge in [-0.2, -0.15) is 13.9 Å². The van der Waals surface area contributed by atoms with Crippen LogP contribution in [0.25, 0.3) is 11.7 Å². The Bertz CT molecular complexity index is 1610. The molecule has 38 heavy (non-hydrogen) atoms. The second-order valence-corrected chi connectivity index (χ2v) is 11.1. The van der Waals surface area contributed by atoms with Gasteiger partial charge in [-0.1, -0.05) is 0 Å². The number of hydrogen-bond acceptors (Lipinski definition) is 8. The van der Waals surface area contributed by atoms with Gasteiger partial charge in [0.2, 0.25) is 10.0 Å². The Hall–Kier alpha value is -4.11. The summed E-state index contributed by atoms with van der Waals surface area (Å²) in [5.41, 5.74) is 1.02. The van der Waals surface area contributed by atoms with E-state index in [1.165, 1.54) is 12.3 Å². The highest BCUT2D eigenvalue weighted by molar-refractivity contribution is 7.89. The first-order valence-electron chi connectivity index (χ1n) is 11.9. The summed E-state index contributed by atoms with van der Waals surface area (Å²) in [4.78, 5) is 29.6. The normalized spacial score (nSPS) is 19.7. The lowest BCUT2D eigenvalue weighted by Gasteiger charge is -2.35. The molecule has 3 N–H and O–H groups in total. The number of nitrogens with one attached hydrogen (secondary N) is 3. The summed E-state index contributed by atoms with van der Waals surface area (Å²) < 4.78 is 56.2. The smallest absolute Gasteiger partial charge is 0.326 e. The molecule has 198 valence electrons. The van der Waals surface area contributed by atoms with E-state index in [1.807, 2.05) is 11.0 Å². The molecule has 0 atom stereocenters. The van der Waals surface area contributed by atoms with E-state index in [1.54, 1.807) is 4.52 Å². The van der Waals surface area contributed by atoms with Crippen LogP contribution in [0.15, 0.2) is 41.1 Å². The van der Waals surface area contributed by atoms with Gasteiger partial charge in [0.15, 0.2) is 5.65 Å². The largest absolute Gasteiger partial charge is 0.367 e. The van der Waals surface area contributed by atoms with Gasteiger partial charge < -0.3 is 15.5 Å². The number of halogens is 2. The number of nitrogens with zero attached hydrogens (tertiary/aromatic N) is 5. The van der Waals surface area contributed by atoms with Gasteiger partial charge in [-0.15, -0.1) is 0 Å². The molecule has 0 radical (unpaired) electrons. The lowest BCUT2D eigenvalue weighted by atomic mass is 10.2. The molecule has 1 aromatic carbocycles. The average Bonchev–Trinajstić information content (AvgIpc) is 3.51. The van der Waals surface area contributed by atoms with Gasteiger partial charge >= 0.3 is 6.03 Å². The summed E-state index contributed by atoms with van der Waals surface area (Å²) in [6, 6.07) is 3.90. The third-order valence-electron chi connectivity index (χ3n) is 6.51. The third kappa shape index (κ3) is 4.43. The molecule has 4 heterocycles. The predicted octanol–water partition coefficient (Wildman–Crippen LogP) is 1.27. The van der Waals surface area contributed by atoms with Gasteiger partial charge in [0.1, 0.15) is 33.9 Å². The van der Waals surface area contributed by atoms with Crippen molar-refractivity contribution in [2.24, 2.45) is 0 Å². The standard InChI is InChI=1S/C23H22F2N8O4S/c24-14-1-4-18(16(25)10-14)38(36,37)32-7-5-31(6-8-32)19-11-20(27-15-2-3-15)33-21(29-19)13(12-26-33)9-17-22(34)30-23(35)28-17/h1,4,9-12,15,27H,2-3,5-8H2,(H2,28,30,34,35)/b17-9-. The van der Waals surface area contributed by atoms with Crippen molar-refractivity contribution in [1.29, 1.82) is 0 Å². The number of rotatable bonds is 6. The maximum absolute atomic E-state index is 14.2. The fourth-order valence-corrected chi connectivity index (χ4v) is 5.86. The number of sulfonamides is 1. The lowest BCUT2D eigenvalue weighted by Crippen LogP contribution is -2.49. The van der Waals surface area contributed by atoms with Gasteiger partial charge in [-0.25, -0.2) is 27.0 Å². The minimum absolute atomic E-state index is 0.0692. The van der Waals surface area contributed by atoms with E-state index in [9.17, 15) is 26.8 Å². The summed E-state index contributed by atoms with van der Waals surface area (Å²) in [7, 11) is -4.15. The van der Waals surface area contributed by atoms with Crippen LogP contribution in [0.2, 0.25) is 0 Å². The van der Waals surface area contributed by atoms with Crippen molar-refractivity contribution in [1.82, 2.24) is 29.5 Å². The highest BCUT2D eigenvalue weighted by atomic mass is 32.2. The van der Waals surface area contributed by atoms with Gasteiger partial charge in [0, 0.05) is 49.9 Å². The Balaban J connectivity index is 1.29. The number of hydrogen-bond donors (Lipinski definition) is 3. The van der Waals surface area contributed by atoms with Gasteiger partial charge in [-0.05, 0) is 31.1 Å². The number of carbonyl (C=O) groups excluding carboxylic acids is 2. The Morgan fingerprint density at radius 1 is 1.05 bits per heavy atom. The number of amides is 3. The fraction of sp³-hybridized carbons (Fsp3) is 0.304. The molecular formula is C23H22F2N8O4S. The molecule has 6 rings (SSSR count). The number of piperazine rings is 1. The summed E-state index contributed by atoms with van der Waals surface area (Å²) in [6.07, 6.45) is 5.05. The van der Waals surface area contributed by atoms with Crippen LogP contribution in [0.3, 0.4) is 0 Å². The van der Waals surface area contributed by atoms with Crippen molar-refractivity contribution < 1.29 is 26.8 Å². The summed E-state index contributed by atoms with van der Waals surface area (Å²) >= 11 is 0. The van der Waals surface area contributed by atoms with Gasteiger partial charge in [-0.3, -0.25) is 10.1 Å². The first-order valence-corrected chi connectivity index (χ1v) is 13.3. The molecule has 2 aromatic heterocycles. The van der Waals surface area contributed by atoms with Crippen LogP contribution in [0.1, 0.15) is 18.4 Å². The minimum atomic E-state index is -4.15. The van der Waals surface area contributed by atoms with Crippen molar-refractivity contribution in [3.05, 3.63) is 53.4 Å². The van der Waals surface area contributed by atoms with Gasteiger partial charge in [0.25, 0.3) is 5.91 Å². The quantitative estimate of drug-likeness (QED) is 0.311. The molecule has 2 aliphatic heterocycles. The molecule has 3 aliphatic rings. The zero-order valence-corrected chi connectivity index (χ0v) is 20.6. The molecule has 3 aromatic rings. The van der Waals surface area contributed by atoms with Crippen molar-refractivity contribution in [2.75, 3.05) is 36.4 Å². The van der Waals surface area contributed by atoms with E-state index in [2.05, 4.69) is 21.0 Å². The van der Waals surface area contributed by atoms with Crippen LogP contribution in [-0.4, -0.2) is 71.5 Å². The van der Waals surface area contributed by atoms with E-state index in [4.69, 9.17) is 4.98 Å². The number of fused-ring (bicyclic) bond motifs is 1. The maximum atomic E-state index is 14.2. The third-order valence-corrected chi connectivity index (χ3v) is 8.44. The van der Waals surface area contributed by atoms with E-state index < -0.39 is 38.5 Å². The molecule has 15 heteroatoms.